The van der Waals surface area contributed by atoms with Crippen molar-refractivity contribution in [2.45, 2.75) is 13.0 Å². The zero-order chi connectivity index (χ0) is 14.0. The second kappa shape index (κ2) is 5.23. The van der Waals surface area contributed by atoms with Gasteiger partial charge in [0.15, 0.2) is 10.6 Å². The molecular formula is C12H13N3O3S. The van der Waals surface area contributed by atoms with Crippen LogP contribution in [0, 0.1) is 4.77 Å². The average Bonchev–Trinajstić information content (AvgIpc) is 2.79. The van der Waals surface area contributed by atoms with E-state index in [4.69, 9.17) is 22.1 Å². The predicted molar refractivity (Wildman–Crippen MR) is 71.7 cm³/mol. The van der Waals surface area contributed by atoms with Crippen LogP contribution < -0.4 is 4.74 Å². The molecule has 0 amide bonds. The summed E-state index contributed by atoms with van der Waals surface area (Å²) in [7, 11) is 1.58. The molecule has 7 heteroatoms. The summed E-state index contributed by atoms with van der Waals surface area (Å²) in [5.41, 5.74) is 0.765. The van der Waals surface area contributed by atoms with Crippen molar-refractivity contribution in [3.63, 3.8) is 0 Å². The highest BCUT2D eigenvalue weighted by molar-refractivity contribution is 7.71. The highest BCUT2D eigenvalue weighted by Crippen LogP contribution is 2.23. The standard InChI is InChI=1S/C12H13N3O3S/c1-7(11(16)17)15-10(13-14-12(15)19)8-3-5-9(18-2)6-4-8/h3-7H,1-2H3,(H,14,19)(H,16,17). The van der Waals surface area contributed by atoms with E-state index in [1.54, 1.807) is 38.3 Å². The molecule has 0 bridgehead atoms. The Labute approximate surface area is 114 Å². The van der Waals surface area contributed by atoms with Crippen molar-refractivity contribution in [2.24, 2.45) is 0 Å². The molecule has 1 unspecified atom stereocenters. The zero-order valence-electron chi connectivity index (χ0n) is 10.5. The van der Waals surface area contributed by atoms with E-state index in [0.29, 0.717) is 5.82 Å². The number of aromatic amines is 1. The summed E-state index contributed by atoms with van der Waals surface area (Å²) in [6, 6.07) is 6.37. The van der Waals surface area contributed by atoms with Crippen LogP contribution in [0.25, 0.3) is 11.4 Å². The van der Waals surface area contributed by atoms with Crippen molar-refractivity contribution in [2.75, 3.05) is 7.11 Å². The number of aliphatic carboxylic acids is 1. The fourth-order valence-electron chi connectivity index (χ4n) is 1.72. The van der Waals surface area contributed by atoms with E-state index in [-0.39, 0.29) is 4.77 Å². The van der Waals surface area contributed by atoms with Crippen molar-refractivity contribution >= 4 is 18.2 Å². The summed E-state index contributed by atoms with van der Waals surface area (Å²) in [5, 5.41) is 15.8. The molecule has 0 fully saturated rings. The highest BCUT2D eigenvalue weighted by atomic mass is 32.1. The van der Waals surface area contributed by atoms with E-state index in [1.807, 2.05) is 0 Å². The third-order valence-electron chi connectivity index (χ3n) is 2.80. The molecule has 0 saturated carbocycles. The first-order valence-corrected chi connectivity index (χ1v) is 5.99. The van der Waals surface area contributed by atoms with Gasteiger partial charge < -0.3 is 9.84 Å². The third kappa shape index (κ3) is 2.50. The van der Waals surface area contributed by atoms with Gasteiger partial charge in [0.2, 0.25) is 0 Å². The van der Waals surface area contributed by atoms with Crippen LogP contribution in [0.5, 0.6) is 5.75 Å². The molecule has 0 spiro atoms. The predicted octanol–water partition coefficient (Wildman–Crippen LogP) is 2.26. The molecule has 0 aliphatic carbocycles. The lowest BCUT2D eigenvalue weighted by Gasteiger charge is -2.11. The normalized spacial score (nSPS) is 12.1. The van der Waals surface area contributed by atoms with Gasteiger partial charge in [0, 0.05) is 5.56 Å². The number of methoxy groups -OCH3 is 1. The first kappa shape index (κ1) is 13.3. The molecule has 1 aromatic carbocycles. The summed E-state index contributed by atoms with van der Waals surface area (Å²) < 4.78 is 6.83. The molecule has 0 saturated heterocycles. The van der Waals surface area contributed by atoms with Crippen LogP contribution in [0.4, 0.5) is 0 Å². The van der Waals surface area contributed by atoms with Crippen molar-refractivity contribution in [3.05, 3.63) is 29.0 Å². The largest absolute Gasteiger partial charge is 0.497 e. The second-order valence-corrected chi connectivity index (χ2v) is 4.35. The van der Waals surface area contributed by atoms with Crippen molar-refractivity contribution < 1.29 is 14.6 Å². The fourth-order valence-corrected chi connectivity index (χ4v) is 2.01. The Kier molecular flexibility index (Phi) is 3.66. The minimum absolute atomic E-state index is 0.278. The molecule has 1 aromatic heterocycles. The minimum Gasteiger partial charge on any atom is -0.497 e. The molecule has 100 valence electrons. The number of carbonyl (C=O) groups is 1. The third-order valence-corrected chi connectivity index (χ3v) is 3.09. The van der Waals surface area contributed by atoms with Crippen LogP contribution in [0.1, 0.15) is 13.0 Å². The number of aromatic nitrogens is 3. The van der Waals surface area contributed by atoms with Crippen molar-refractivity contribution in [1.29, 1.82) is 0 Å². The Morgan fingerprint density at radius 2 is 2.11 bits per heavy atom. The maximum atomic E-state index is 11.1. The Hall–Kier alpha value is -2.15. The number of hydrogen-bond acceptors (Lipinski definition) is 4. The average molecular weight is 279 g/mol. The number of benzene rings is 1. The Morgan fingerprint density at radius 3 is 2.63 bits per heavy atom. The van der Waals surface area contributed by atoms with Gasteiger partial charge in [0.25, 0.3) is 0 Å². The number of hydrogen-bond donors (Lipinski definition) is 2. The molecule has 0 radical (unpaired) electrons. The van der Waals surface area contributed by atoms with Crippen molar-refractivity contribution in [1.82, 2.24) is 14.8 Å². The van der Waals surface area contributed by atoms with Gasteiger partial charge in [0.05, 0.1) is 7.11 Å². The van der Waals surface area contributed by atoms with Gasteiger partial charge in [-0.15, -0.1) is 0 Å². The molecule has 0 aliphatic rings. The summed E-state index contributed by atoms with van der Waals surface area (Å²) >= 11 is 5.07. The van der Waals surface area contributed by atoms with Crippen molar-refractivity contribution in [3.8, 4) is 17.1 Å². The fraction of sp³-hybridized carbons (Fsp3) is 0.250. The zero-order valence-corrected chi connectivity index (χ0v) is 11.3. The van der Waals surface area contributed by atoms with Crippen LogP contribution in [0.15, 0.2) is 24.3 Å². The number of carboxylic acid groups (broad SMARTS) is 1. The van der Waals surface area contributed by atoms with Gasteiger partial charge in [-0.05, 0) is 43.4 Å². The summed E-state index contributed by atoms with van der Waals surface area (Å²) in [5.74, 6) is 0.241. The van der Waals surface area contributed by atoms with Gasteiger partial charge in [-0.1, -0.05) is 0 Å². The molecule has 2 N–H and O–H groups in total. The van der Waals surface area contributed by atoms with Crippen LogP contribution in [-0.2, 0) is 4.79 Å². The lowest BCUT2D eigenvalue weighted by Crippen LogP contribution is -2.16. The first-order chi connectivity index (χ1) is 9.04. The van der Waals surface area contributed by atoms with Gasteiger partial charge >= 0.3 is 5.97 Å². The molecule has 1 atom stereocenters. The lowest BCUT2D eigenvalue weighted by atomic mass is 10.2. The van der Waals surface area contributed by atoms with E-state index in [1.165, 1.54) is 4.57 Å². The molecule has 0 aliphatic heterocycles. The molecule has 2 rings (SSSR count). The number of H-pyrrole nitrogens is 1. The van der Waals surface area contributed by atoms with E-state index in [9.17, 15) is 4.79 Å². The maximum Gasteiger partial charge on any atom is 0.326 e. The maximum absolute atomic E-state index is 11.1. The number of rotatable bonds is 4. The Balaban J connectivity index is 2.50. The van der Waals surface area contributed by atoms with Gasteiger partial charge in [-0.3, -0.25) is 9.67 Å². The number of ether oxygens (including phenoxy) is 1. The SMILES string of the molecule is COc1ccc(-c2n[nH]c(=S)n2C(C)C(=O)O)cc1. The molecule has 19 heavy (non-hydrogen) atoms. The summed E-state index contributed by atoms with van der Waals surface area (Å²) in [4.78, 5) is 11.1. The second-order valence-electron chi connectivity index (χ2n) is 3.97. The topological polar surface area (TPSA) is 80.1 Å². The van der Waals surface area contributed by atoms with Crippen LogP contribution in [0.3, 0.4) is 0 Å². The number of carboxylic acids is 1. The monoisotopic (exact) mass is 279 g/mol. The minimum atomic E-state index is -0.965. The highest BCUT2D eigenvalue weighted by Gasteiger charge is 2.19. The Morgan fingerprint density at radius 1 is 1.47 bits per heavy atom. The molecule has 6 nitrogen and oxygen atoms in total. The van der Waals surface area contributed by atoms with Crippen LogP contribution in [-0.4, -0.2) is 33.0 Å². The van der Waals surface area contributed by atoms with Gasteiger partial charge in [-0.25, -0.2) is 4.79 Å². The number of nitrogens with zero attached hydrogens (tertiary/aromatic N) is 2. The first-order valence-electron chi connectivity index (χ1n) is 5.58. The number of nitrogens with one attached hydrogen (secondary N) is 1. The van der Waals surface area contributed by atoms with E-state index in [2.05, 4.69) is 10.2 Å². The summed E-state index contributed by atoms with van der Waals surface area (Å²) in [6.07, 6.45) is 0. The molecule has 2 aromatic rings. The van der Waals surface area contributed by atoms with Crippen LogP contribution >= 0.6 is 12.2 Å². The summed E-state index contributed by atoms with van der Waals surface area (Å²) in [6.45, 7) is 1.56. The van der Waals surface area contributed by atoms with E-state index in [0.717, 1.165) is 11.3 Å². The van der Waals surface area contributed by atoms with Gasteiger partial charge in [-0.2, -0.15) is 5.10 Å². The molecular weight excluding hydrogens is 266 g/mol. The van der Waals surface area contributed by atoms with E-state index < -0.39 is 12.0 Å². The van der Waals surface area contributed by atoms with Gasteiger partial charge in [0.1, 0.15) is 11.8 Å². The van der Waals surface area contributed by atoms with E-state index >= 15 is 0 Å². The quantitative estimate of drug-likeness (QED) is 0.839. The Bertz CT molecular complexity index is 645. The lowest BCUT2D eigenvalue weighted by molar-refractivity contribution is -0.140. The smallest absolute Gasteiger partial charge is 0.326 e. The van der Waals surface area contributed by atoms with Crippen LogP contribution in [0.2, 0.25) is 0 Å². The molecule has 1 heterocycles.